The summed E-state index contributed by atoms with van der Waals surface area (Å²) in [5, 5.41) is 0.966. The predicted molar refractivity (Wildman–Crippen MR) is 92.6 cm³/mol. The van der Waals surface area contributed by atoms with Gasteiger partial charge in [0.15, 0.2) is 0 Å². The molecule has 0 N–H and O–H groups in total. The van der Waals surface area contributed by atoms with E-state index in [9.17, 15) is 0 Å². The standard InChI is InChI=1S/C17H14BrClS/c18-17-11-15(19)14(10-12-6-2-1-3-7-12)13-8-4-5-9-16(13)20-17/h1-9,17H,10-11H2. The van der Waals surface area contributed by atoms with Crippen molar-refractivity contribution in [1.82, 2.24) is 0 Å². The molecule has 0 radical (unpaired) electrons. The van der Waals surface area contributed by atoms with Crippen molar-refractivity contribution in [2.45, 2.75) is 21.9 Å². The van der Waals surface area contributed by atoms with Crippen molar-refractivity contribution in [3.8, 4) is 0 Å². The molecule has 1 atom stereocenters. The first kappa shape index (κ1) is 14.2. The number of thioether (sulfide) groups is 1. The first-order valence-electron chi connectivity index (χ1n) is 6.55. The summed E-state index contributed by atoms with van der Waals surface area (Å²) in [6.07, 6.45) is 1.75. The van der Waals surface area contributed by atoms with E-state index in [1.165, 1.54) is 21.6 Å². The summed E-state index contributed by atoms with van der Waals surface area (Å²) in [5.74, 6) is 0. The quantitative estimate of drug-likeness (QED) is 0.580. The number of alkyl halides is 1. The van der Waals surface area contributed by atoms with Crippen molar-refractivity contribution < 1.29 is 0 Å². The Hall–Kier alpha value is -0.700. The van der Waals surface area contributed by atoms with Gasteiger partial charge in [-0.15, -0.1) is 11.8 Å². The summed E-state index contributed by atoms with van der Waals surface area (Å²) in [6, 6.07) is 19.0. The minimum atomic E-state index is 0.337. The van der Waals surface area contributed by atoms with E-state index in [0.717, 1.165) is 17.9 Å². The molecule has 2 aromatic carbocycles. The van der Waals surface area contributed by atoms with Crippen molar-refractivity contribution in [3.05, 3.63) is 70.8 Å². The Bertz CT molecular complexity index is 636. The van der Waals surface area contributed by atoms with Crippen LogP contribution in [0.1, 0.15) is 17.5 Å². The molecule has 0 fully saturated rings. The maximum atomic E-state index is 6.60. The van der Waals surface area contributed by atoms with Gasteiger partial charge in [-0.05, 0) is 29.2 Å². The lowest BCUT2D eigenvalue weighted by Crippen LogP contribution is -1.94. The molecule has 3 heteroatoms. The van der Waals surface area contributed by atoms with E-state index in [4.69, 9.17) is 11.6 Å². The fraction of sp³-hybridized carbons (Fsp3) is 0.176. The van der Waals surface area contributed by atoms with Gasteiger partial charge in [-0.3, -0.25) is 0 Å². The highest BCUT2D eigenvalue weighted by molar-refractivity contribution is 9.11. The lowest BCUT2D eigenvalue weighted by Gasteiger charge is -2.11. The zero-order valence-electron chi connectivity index (χ0n) is 10.9. The molecular formula is C17H14BrClS. The monoisotopic (exact) mass is 364 g/mol. The van der Waals surface area contributed by atoms with Gasteiger partial charge in [0.25, 0.3) is 0 Å². The van der Waals surface area contributed by atoms with E-state index < -0.39 is 0 Å². The summed E-state index contributed by atoms with van der Waals surface area (Å²) >= 11 is 12.1. The molecule has 0 aliphatic carbocycles. The number of benzene rings is 2. The number of hydrogen-bond acceptors (Lipinski definition) is 1. The molecule has 0 bridgehead atoms. The molecular weight excluding hydrogens is 352 g/mol. The molecule has 0 spiro atoms. The van der Waals surface area contributed by atoms with Crippen LogP contribution in [-0.2, 0) is 6.42 Å². The van der Waals surface area contributed by atoms with Crippen LogP contribution in [0.4, 0.5) is 0 Å². The molecule has 1 aliphatic heterocycles. The molecule has 0 amide bonds. The molecule has 102 valence electrons. The number of hydrogen-bond donors (Lipinski definition) is 0. The molecule has 3 rings (SSSR count). The van der Waals surface area contributed by atoms with Crippen LogP contribution < -0.4 is 0 Å². The Labute approximate surface area is 137 Å². The van der Waals surface area contributed by atoms with Crippen LogP contribution in [0.15, 0.2) is 64.5 Å². The maximum absolute atomic E-state index is 6.60. The van der Waals surface area contributed by atoms with Crippen LogP contribution >= 0.6 is 39.3 Å². The number of rotatable bonds is 2. The van der Waals surface area contributed by atoms with Crippen molar-refractivity contribution in [2.75, 3.05) is 0 Å². The van der Waals surface area contributed by atoms with E-state index in [-0.39, 0.29) is 0 Å². The maximum Gasteiger partial charge on any atom is 0.0696 e. The van der Waals surface area contributed by atoms with Gasteiger partial charge in [0.2, 0.25) is 0 Å². The van der Waals surface area contributed by atoms with Crippen molar-refractivity contribution in [3.63, 3.8) is 0 Å². The van der Waals surface area contributed by atoms with Crippen LogP contribution in [0.2, 0.25) is 0 Å². The third-order valence-electron chi connectivity index (χ3n) is 3.36. The summed E-state index contributed by atoms with van der Waals surface area (Å²) in [4.78, 5) is 1.30. The summed E-state index contributed by atoms with van der Waals surface area (Å²) in [7, 11) is 0. The zero-order valence-corrected chi connectivity index (χ0v) is 14.0. The highest BCUT2D eigenvalue weighted by Crippen LogP contribution is 2.43. The van der Waals surface area contributed by atoms with Crippen LogP contribution in [0.25, 0.3) is 5.57 Å². The van der Waals surface area contributed by atoms with Gasteiger partial charge in [0.05, 0.1) is 4.16 Å². The van der Waals surface area contributed by atoms with Gasteiger partial charge < -0.3 is 0 Å². The summed E-state index contributed by atoms with van der Waals surface area (Å²) in [6.45, 7) is 0. The minimum Gasteiger partial charge on any atom is -0.110 e. The molecule has 20 heavy (non-hydrogen) atoms. The Balaban J connectivity index is 2.04. The molecule has 1 heterocycles. The zero-order chi connectivity index (χ0) is 13.9. The van der Waals surface area contributed by atoms with Gasteiger partial charge in [-0.2, -0.15) is 0 Å². The fourth-order valence-electron chi connectivity index (χ4n) is 2.40. The highest BCUT2D eigenvalue weighted by atomic mass is 79.9. The second-order valence-electron chi connectivity index (χ2n) is 4.77. The van der Waals surface area contributed by atoms with E-state index in [0.29, 0.717) is 4.16 Å². The molecule has 1 aliphatic rings. The molecule has 0 saturated carbocycles. The van der Waals surface area contributed by atoms with Gasteiger partial charge in [0, 0.05) is 16.3 Å². The van der Waals surface area contributed by atoms with Crippen LogP contribution in [-0.4, -0.2) is 4.16 Å². The number of halogens is 2. The van der Waals surface area contributed by atoms with E-state index in [1.54, 1.807) is 0 Å². The predicted octanol–water partition coefficient (Wildman–Crippen LogP) is 6.10. The normalized spacial score (nSPS) is 18.6. The van der Waals surface area contributed by atoms with Gasteiger partial charge in [-0.1, -0.05) is 76.1 Å². The molecule has 0 saturated heterocycles. The second kappa shape index (κ2) is 6.38. The Morgan fingerprint density at radius 1 is 1.05 bits per heavy atom. The van der Waals surface area contributed by atoms with Crippen LogP contribution in [0.5, 0.6) is 0 Å². The first-order chi connectivity index (χ1) is 9.74. The van der Waals surface area contributed by atoms with E-state index in [2.05, 4.69) is 64.5 Å². The minimum absolute atomic E-state index is 0.337. The Morgan fingerprint density at radius 2 is 1.75 bits per heavy atom. The molecule has 2 aromatic rings. The molecule has 0 nitrogen and oxygen atoms in total. The van der Waals surface area contributed by atoms with Crippen molar-refractivity contribution in [1.29, 1.82) is 0 Å². The van der Waals surface area contributed by atoms with E-state index in [1.807, 2.05) is 17.8 Å². The smallest absolute Gasteiger partial charge is 0.0696 e. The fourth-order valence-corrected chi connectivity index (χ4v) is 4.93. The van der Waals surface area contributed by atoms with Gasteiger partial charge in [0.1, 0.15) is 0 Å². The summed E-state index contributed by atoms with van der Waals surface area (Å²) < 4.78 is 0.337. The highest BCUT2D eigenvalue weighted by Gasteiger charge is 2.21. The van der Waals surface area contributed by atoms with Crippen LogP contribution in [0.3, 0.4) is 0 Å². The van der Waals surface area contributed by atoms with E-state index >= 15 is 0 Å². The lowest BCUT2D eigenvalue weighted by molar-refractivity contribution is 1.16. The Kier molecular flexibility index (Phi) is 4.54. The van der Waals surface area contributed by atoms with Crippen molar-refractivity contribution >= 4 is 44.9 Å². The molecule has 0 aromatic heterocycles. The largest absolute Gasteiger partial charge is 0.110 e. The topological polar surface area (TPSA) is 0 Å². The third kappa shape index (κ3) is 3.13. The average Bonchev–Trinajstić information content (AvgIpc) is 2.57. The first-order valence-corrected chi connectivity index (χ1v) is 8.73. The van der Waals surface area contributed by atoms with Crippen molar-refractivity contribution in [2.24, 2.45) is 0 Å². The van der Waals surface area contributed by atoms with Gasteiger partial charge >= 0.3 is 0 Å². The summed E-state index contributed by atoms with van der Waals surface area (Å²) in [5.41, 5.74) is 3.82. The number of allylic oxidation sites excluding steroid dienone is 2. The third-order valence-corrected chi connectivity index (χ3v) is 5.66. The van der Waals surface area contributed by atoms with Gasteiger partial charge in [-0.25, -0.2) is 0 Å². The second-order valence-corrected chi connectivity index (χ2v) is 8.19. The number of fused-ring (bicyclic) bond motifs is 1. The average molecular weight is 366 g/mol. The lowest BCUT2D eigenvalue weighted by atomic mass is 9.97. The Morgan fingerprint density at radius 3 is 2.55 bits per heavy atom. The van der Waals surface area contributed by atoms with Crippen LogP contribution in [0, 0.1) is 0 Å². The molecule has 1 unspecified atom stereocenters. The SMILES string of the molecule is ClC1=C(Cc2ccccc2)c2ccccc2SC(Br)C1.